The van der Waals surface area contributed by atoms with Gasteiger partial charge in [-0.3, -0.25) is 4.99 Å². The Morgan fingerprint density at radius 2 is 2.17 bits per heavy atom. The molecule has 1 saturated carbocycles. The molecular weight excluding hydrogens is 310 g/mol. The standard InChI is InChI=1S/C16H27N5O3/c1-5-23-16(22)21-13(12-6-7-12)8-18-15(17-4)19-9-14-20-10(2)11(3)24-14/h12-13H,5-9H2,1-4H3,(H,21,22)(H2,17,18,19). The van der Waals surface area contributed by atoms with Crippen molar-refractivity contribution in [2.45, 2.75) is 46.2 Å². The van der Waals surface area contributed by atoms with Crippen molar-refractivity contribution in [1.29, 1.82) is 0 Å². The highest BCUT2D eigenvalue weighted by molar-refractivity contribution is 5.79. The molecule has 1 aliphatic carbocycles. The van der Waals surface area contributed by atoms with Crippen LogP contribution in [0.2, 0.25) is 0 Å². The van der Waals surface area contributed by atoms with Crippen molar-refractivity contribution in [1.82, 2.24) is 20.9 Å². The van der Waals surface area contributed by atoms with E-state index < -0.39 is 0 Å². The van der Waals surface area contributed by atoms with E-state index in [0.29, 0.717) is 37.5 Å². The number of guanidine groups is 1. The summed E-state index contributed by atoms with van der Waals surface area (Å²) in [7, 11) is 1.70. The van der Waals surface area contributed by atoms with Crippen molar-refractivity contribution < 1.29 is 13.9 Å². The van der Waals surface area contributed by atoms with Gasteiger partial charge in [-0.25, -0.2) is 9.78 Å². The summed E-state index contributed by atoms with van der Waals surface area (Å²) >= 11 is 0. The van der Waals surface area contributed by atoms with Crippen LogP contribution in [0, 0.1) is 19.8 Å². The number of alkyl carbamates (subject to hydrolysis) is 1. The van der Waals surface area contributed by atoms with Crippen LogP contribution in [0.5, 0.6) is 0 Å². The molecule has 1 atom stereocenters. The Morgan fingerprint density at radius 3 is 2.71 bits per heavy atom. The summed E-state index contributed by atoms with van der Waals surface area (Å²) < 4.78 is 10.5. The predicted molar refractivity (Wildman–Crippen MR) is 90.8 cm³/mol. The molecule has 1 aromatic rings. The molecule has 1 unspecified atom stereocenters. The fourth-order valence-corrected chi connectivity index (χ4v) is 2.36. The highest BCUT2D eigenvalue weighted by Gasteiger charge is 2.32. The van der Waals surface area contributed by atoms with E-state index in [9.17, 15) is 4.79 Å². The van der Waals surface area contributed by atoms with Gasteiger partial charge in [-0.05, 0) is 39.5 Å². The lowest BCUT2D eigenvalue weighted by atomic mass is 10.2. The van der Waals surface area contributed by atoms with Gasteiger partial charge >= 0.3 is 6.09 Å². The molecule has 3 N–H and O–H groups in total. The minimum absolute atomic E-state index is 0.0360. The second-order valence-electron chi connectivity index (χ2n) is 5.86. The lowest BCUT2D eigenvalue weighted by Gasteiger charge is -2.20. The molecule has 1 heterocycles. The average Bonchev–Trinajstić information content (AvgIpc) is 3.33. The fourth-order valence-electron chi connectivity index (χ4n) is 2.36. The second-order valence-corrected chi connectivity index (χ2v) is 5.86. The van der Waals surface area contributed by atoms with Gasteiger partial charge in [0.05, 0.1) is 24.9 Å². The van der Waals surface area contributed by atoms with Crippen molar-refractivity contribution >= 4 is 12.1 Å². The molecule has 0 aromatic carbocycles. The van der Waals surface area contributed by atoms with Gasteiger partial charge in [-0.15, -0.1) is 0 Å². The topological polar surface area (TPSA) is 101 Å². The number of aryl methyl sites for hydroxylation is 2. The van der Waals surface area contributed by atoms with Gasteiger partial charge in [0.2, 0.25) is 5.89 Å². The molecule has 8 heteroatoms. The van der Waals surface area contributed by atoms with Gasteiger partial charge in [0.25, 0.3) is 0 Å². The van der Waals surface area contributed by atoms with Crippen LogP contribution < -0.4 is 16.0 Å². The number of nitrogens with one attached hydrogen (secondary N) is 3. The number of aliphatic imine (C=N–C) groups is 1. The first-order valence-electron chi connectivity index (χ1n) is 8.34. The maximum absolute atomic E-state index is 11.6. The molecule has 1 amide bonds. The zero-order chi connectivity index (χ0) is 17.5. The fraction of sp³-hybridized carbons (Fsp3) is 0.688. The Morgan fingerprint density at radius 1 is 1.42 bits per heavy atom. The van der Waals surface area contributed by atoms with Crippen LogP contribution in [0.1, 0.15) is 37.1 Å². The molecule has 24 heavy (non-hydrogen) atoms. The molecule has 0 saturated heterocycles. The van der Waals surface area contributed by atoms with Gasteiger partial charge in [0.1, 0.15) is 5.76 Å². The van der Waals surface area contributed by atoms with E-state index in [-0.39, 0.29) is 12.1 Å². The minimum atomic E-state index is -0.370. The van der Waals surface area contributed by atoms with E-state index in [0.717, 1.165) is 24.3 Å². The first-order chi connectivity index (χ1) is 11.5. The van der Waals surface area contributed by atoms with E-state index in [1.165, 1.54) is 0 Å². The smallest absolute Gasteiger partial charge is 0.407 e. The second kappa shape index (κ2) is 8.56. The van der Waals surface area contributed by atoms with E-state index in [2.05, 4.69) is 25.9 Å². The molecule has 0 bridgehead atoms. The van der Waals surface area contributed by atoms with Crippen LogP contribution in [0.3, 0.4) is 0 Å². The summed E-state index contributed by atoms with van der Waals surface area (Å²) in [6.45, 7) is 7.01. The van der Waals surface area contributed by atoms with Gasteiger partial charge in [0.15, 0.2) is 5.96 Å². The first kappa shape index (κ1) is 18.1. The lowest BCUT2D eigenvalue weighted by Crippen LogP contribution is -2.48. The summed E-state index contributed by atoms with van der Waals surface area (Å²) in [5.41, 5.74) is 0.891. The molecule has 0 aliphatic heterocycles. The summed E-state index contributed by atoms with van der Waals surface area (Å²) in [4.78, 5) is 20.1. The van der Waals surface area contributed by atoms with Crippen molar-refractivity contribution in [2.24, 2.45) is 10.9 Å². The van der Waals surface area contributed by atoms with E-state index >= 15 is 0 Å². The number of amides is 1. The number of hydrogen-bond acceptors (Lipinski definition) is 5. The molecule has 8 nitrogen and oxygen atoms in total. The van der Waals surface area contributed by atoms with E-state index in [1.54, 1.807) is 14.0 Å². The van der Waals surface area contributed by atoms with Crippen molar-refractivity contribution in [3.63, 3.8) is 0 Å². The number of carbonyl (C=O) groups excluding carboxylic acids is 1. The lowest BCUT2D eigenvalue weighted by molar-refractivity contribution is 0.146. The van der Waals surface area contributed by atoms with Crippen LogP contribution in [0.4, 0.5) is 4.79 Å². The van der Waals surface area contributed by atoms with Crippen molar-refractivity contribution in [2.75, 3.05) is 20.2 Å². The summed E-state index contributed by atoms with van der Waals surface area (Å²) in [6, 6.07) is 0.0360. The Hall–Kier alpha value is -2.25. The molecule has 134 valence electrons. The normalized spacial score (nSPS) is 15.8. The molecule has 1 fully saturated rings. The zero-order valence-corrected chi connectivity index (χ0v) is 14.8. The average molecular weight is 337 g/mol. The monoisotopic (exact) mass is 337 g/mol. The third kappa shape index (κ3) is 5.43. The first-order valence-corrected chi connectivity index (χ1v) is 8.34. The Kier molecular flexibility index (Phi) is 6.45. The molecular formula is C16H27N5O3. The maximum Gasteiger partial charge on any atom is 0.407 e. The van der Waals surface area contributed by atoms with Crippen LogP contribution in [0.15, 0.2) is 9.41 Å². The Balaban J connectivity index is 1.79. The van der Waals surface area contributed by atoms with Crippen LogP contribution >= 0.6 is 0 Å². The van der Waals surface area contributed by atoms with Crippen LogP contribution in [-0.2, 0) is 11.3 Å². The number of carbonyl (C=O) groups is 1. The Labute approximate surface area is 142 Å². The van der Waals surface area contributed by atoms with Crippen LogP contribution in [-0.4, -0.2) is 43.3 Å². The van der Waals surface area contributed by atoms with Crippen LogP contribution in [0.25, 0.3) is 0 Å². The molecule has 0 radical (unpaired) electrons. The highest BCUT2D eigenvalue weighted by atomic mass is 16.5. The summed E-state index contributed by atoms with van der Waals surface area (Å²) in [6.07, 6.45) is 1.88. The predicted octanol–water partition coefficient (Wildman–Crippen LogP) is 1.48. The zero-order valence-electron chi connectivity index (χ0n) is 14.8. The quantitative estimate of drug-likeness (QED) is 0.515. The van der Waals surface area contributed by atoms with Gasteiger partial charge < -0.3 is 25.1 Å². The number of oxazole rings is 1. The van der Waals surface area contributed by atoms with Crippen molar-refractivity contribution in [3.05, 3.63) is 17.3 Å². The third-order valence-electron chi connectivity index (χ3n) is 3.96. The molecule has 1 aliphatic rings. The highest BCUT2D eigenvalue weighted by Crippen LogP contribution is 2.32. The molecule has 2 rings (SSSR count). The number of ether oxygens (including phenoxy) is 1. The van der Waals surface area contributed by atoms with Crippen molar-refractivity contribution in [3.8, 4) is 0 Å². The number of rotatable bonds is 7. The SMILES string of the molecule is CCOC(=O)NC(CNC(=NC)NCc1nc(C)c(C)o1)C1CC1. The molecule has 1 aromatic heterocycles. The van der Waals surface area contributed by atoms with E-state index in [1.807, 2.05) is 13.8 Å². The van der Waals surface area contributed by atoms with Gasteiger partial charge in [-0.1, -0.05) is 0 Å². The van der Waals surface area contributed by atoms with E-state index in [4.69, 9.17) is 9.15 Å². The molecule has 0 spiro atoms. The summed E-state index contributed by atoms with van der Waals surface area (Å²) in [5, 5.41) is 9.29. The number of nitrogens with zero attached hydrogens (tertiary/aromatic N) is 2. The maximum atomic E-state index is 11.6. The summed E-state index contributed by atoms with van der Waals surface area (Å²) in [5.74, 6) is 2.58. The number of aromatic nitrogens is 1. The van der Waals surface area contributed by atoms with Gasteiger partial charge in [-0.2, -0.15) is 0 Å². The Bertz CT molecular complexity index is 561. The minimum Gasteiger partial charge on any atom is -0.450 e. The third-order valence-corrected chi connectivity index (χ3v) is 3.96. The largest absolute Gasteiger partial charge is 0.450 e. The number of hydrogen-bond donors (Lipinski definition) is 3. The van der Waals surface area contributed by atoms with Gasteiger partial charge in [0, 0.05) is 13.6 Å².